The van der Waals surface area contributed by atoms with Gasteiger partial charge in [0, 0.05) is 29.8 Å². The summed E-state index contributed by atoms with van der Waals surface area (Å²) in [5.41, 5.74) is 0.505. The van der Waals surface area contributed by atoms with Gasteiger partial charge in [0.05, 0.1) is 34.9 Å². The number of hydrogen-bond acceptors (Lipinski definition) is 7. The molecule has 2 aliphatic rings. The van der Waals surface area contributed by atoms with Gasteiger partial charge in [-0.1, -0.05) is 29.3 Å². The lowest BCUT2D eigenvalue weighted by Gasteiger charge is -2.37. The number of carboxylic acid groups (broad SMARTS) is 1. The minimum absolute atomic E-state index is 0.0187. The molecule has 0 saturated carbocycles. The maximum absolute atomic E-state index is 14.1. The smallest absolute Gasteiger partial charge is 0.416 e. The first kappa shape index (κ1) is 35.9. The van der Waals surface area contributed by atoms with E-state index >= 15 is 0 Å². The van der Waals surface area contributed by atoms with E-state index in [1.54, 1.807) is 11.8 Å². The molecule has 3 atom stereocenters. The Bertz CT molecular complexity index is 1810. The van der Waals surface area contributed by atoms with Gasteiger partial charge in [-0.2, -0.15) is 18.3 Å². The normalized spacial score (nSPS) is 18.4. The van der Waals surface area contributed by atoms with Gasteiger partial charge in [0.2, 0.25) is 0 Å². The number of benzene rings is 1. The number of carbonyl (C=O) groups is 4. The van der Waals surface area contributed by atoms with Crippen molar-refractivity contribution in [3.8, 4) is 0 Å². The van der Waals surface area contributed by atoms with Crippen molar-refractivity contribution in [2.75, 3.05) is 18.0 Å². The van der Waals surface area contributed by atoms with Gasteiger partial charge >= 0.3 is 18.2 Å². The number of rotatable bonds is 6. The molecule has 0 bridgehead atoms. The summed E-state index contributed by atoms with van der Waals surface area (Å²) in [6.07, 6.45) is -4.52. The van der Waals surface area contributed by atoms with Gasteiger partial charge in [-0.05, 0) is 64.4 Å². The van der Waals surface area contributed by atoms with Crippen LogP contribution < -0.4 is 4.90 Å². The van der Waals surface area contributed by atoms with E-state index in [4.69, 9.17) is 27.9 Å². The van der Waals surface area contributed by atoms with Crippen LogP contribution in [0.3, 0.4) is 0 Å². The Morgan fingerprint density at radius 3 is 2.39 bits per heavy atom. The molecule has 0 spiro atoms. The molecule has 0 aliphatic carbocycles. The third-order valence-electron chi connectivity index (χ3n) is 8.23. The number of hydrogen-bond donors (Lipinski definition) is 1. The summed E-state index contributed by atoms with van der Waals surface area (Å²) in [4.78, 5) is 60.1. The molecule has 0 fully saturated rings. The van der Waals surface area contributed by atoms with E-state index in [9.17, 15) is 37.5 Å². The van der Waals surface area contributed by atoms with Crippen LogP contribution in [0.15, 0.2) is 36.5 Å². The number of aliphatic carboxylic acids is 1. The highest BCUT2D eigenvalue weighted by molar-refractivity contribution is 6.42. The first-order chi connectivity index (χ1) is 22.8. The van der Waals surface area contributed by atoms with Crippen molar-refractivity contribution >= 4 is 52.9 Å². The van der Waals surface area contributed by atoms with Crippen molar-refractivity contribution in [1.82, 2.24) is 24.6 Å². The standard InChI is InChI=1S/C32H33Cl2F3N6O6/c1-16-10-23-20(13-40(16)27(44)18-6-8-21(33)22(34)11-18)26-28(45)41(14-24(29(46)47)43(26)39-23)17(2)19-7-9-25(38-12-19)42(15-32(35,36)37)30(48)49-31(3,4)5/h6-9,11-12,16-17,24H,10,13-15H2,1-5H3,(H,46,47)/t16-,17?,24+/m1/s1. The number of ether oxygens (including phenoxy) is 1. The second kappa shape index (κ2) is 13.2. The van der Waals surface area contributed by atoms with E-state index < -0.39 is 48.4 Å². The molecule has 262 valence electrons. The molecule has 17 heteroatoms. The quantitative estimate of drug-likeness (QED) is 0.312. The van der Waals surface area contributed by atoms with Crippen molar-refractivity contribution in [3.63, 3.8) is 0 Å². The van der Waals surface area contributed by atoms with Crippen LogP contribution in [-0.2, 0) is 22.5 Å². The van der Waals surface area contributed by atoms with Gasteiger partial charge in [-0.3, -0.25) is 14.5 Å². The maximum Gasteiger partial charge on any atom is 0.416 e. The van der Waals surface area contributed by atoms with Gasteiger partial charge in [-0.25, -0.2) is 19.3 Å². The molecule has 5 rings (SSSR count). The number of pyridine rings is 1. The zero-order chi connectivity index (χ0) is 36.2. The molecule has 0 radical (unpaired) electrons. The number of fused-ring (bicyclic) bond motifs is 3. The predicted octanol–water partition coefficient (Wildman–Crippen LogP) is 6.32. The van der Waals surface area contributed by atoms with E-state index in [2.05, 4.69) is 10.1 Å². The summed E-state index contributed by atoms with van der Waals surface area (Å²) in [6.45, 7) is 6.04. The zero-order valence-corrected chi connectivity index (χ0v) is 28.6. The number of carboxylic acids is 1. The Hall–Kier alpha value is -4.37. The maximum atomic E-state index is 14.1. The van der Waals surface area contributed by atoms with Crippen molar-refractivity contribution in [2.45, 2.75) is 77.5 Å². The topological polar surface area (TPSA) is 138 Å². The Balaban J connectivity index is 1.45. The zero-order valence-electron chi connectivity index (χ0n) is 27.1. The summed E-state index contributed by atoms with van der Waals surface area (Å²) in [7, 11) is 0. The molecule has 1 unspecified atom stereocenters. The molecule has 3 amide bonds. The molecule has 1 N–H and O–H groups in total. The number of amides is 3. The largest absolute Gasteiger partial charge is 0.480 e. The first-order valence-electron chi connectivity index (χ1n) is 15.2. The van der Waals surface area contributed by atoms with Gasteiger partial charge in [0.25, 0.3) is 11.8 Å². The summed E-state index contributed by atoms with van der Waals surface area (Å²) in [6, 6.07) is 4.69. The molecule has 4 heterocycles. The van der Waals surface area contributed by atoms with Crippen LogP contribution in [0.25, 0.3) is 0 Å². The minimum atomic E-state index is -4.75. The number of anilines is 1. The lowest BCUT2D eigenvalue weighted by molar-refractivity contribution is -0.142. The Morgan fingerprint density at radius 1 is 1.12 bits per heavy atom. The van der Waals surface area contributed by atoms with Crippen LogP contribution in [-0.4, -0.2) is 84.5 Å². The monoisotopic (exact) mass is 724 g/mol. The lowest BCUT2D eigenvalue weighted by atomic mass is 9.96. The van der Waals surface area contributed by atoms with Crippen LogP contribution >= 0.6 is 23.2 Å². The lowest BCUT2D eigenvalue weighted by Crippen LogP contribution is -2.47. The van der Waals surface area contributed by atoms with Crippen LogP contribution in [0.5, 0.6) is 0 Å². The number of halogens is 5. The Morgan fingerprint density at radius 2 is 1.82 bits per heavy atom. The molecule has 12 nitrogen and oxygen atoms in total. The fraction of sp³-hybridized carbons (Fsp3) is 0.438. The van der Waals surface area contributed by atoms with Crippen LogP contribution in [0.2, 0.25) is 10.0 Å². The molecule has 49 heavy (non-hydrogen) atoms. The van der Waals surface area contributed by atoms with Crippen LogP contribution in [0.4, 0.5) is 23.8 Å². The molecular formula is C32H33Cl2F3N6O6. The molecule has 2 aliphatic heterocycles. The molecule has 1 aromatic carbocycles. The van der Waals surface area contributed by atoms with Crippen molar-refractivity contribution in [2.24, 2.45) is 0 Å². The third kappa shape index (κ3) is 7.47. The second-order valence-electron chi connectivity index (χ2n) is 13.0. The number of carbonyl (C=O) groups excluding carboxylic acids is 3. The van der Waals surface area contributed by atoms with Gasteiger partial charge < -0.3 is 19.6 Å². The van der Waals surface area contributed by atoms with Gasteiger partial charge in [-0.15, -0.1) is 0 Å². The van der Waals surface area contributed by atoms with E-state index in [1.165, 1.54) is 66.9 Å². The fourth-order valence-corrected chi connectivity index (χ4v) is 6.10. The van der Waals surface area contributed by atoms with E-state index in [-0.39, 0.29) is 58.6 Å². The average molecular weight is 726 g/mol. The average Bonchev–Trinajstić information content (AvgIpc) is 3.37. The predicted molar refractivity (Wildman–Crippen MR) is 172 cm³/mol. The first-order valence-corrected chi connectivity index (χ1v) is 15.9. The summed E-state index contributed by atoms with van der Waals surface area (Å²) >= 11 is 12.2. The summed E-state index contributed by atoms with van der Waals surface area (Å²) in [5.74, 6) is -2.48. The molecular weight excluding hydrogens is 692 g/mol. The molecule has 3 aromatic rings. The molecule has 0 saturated heterocycles. The van der Waals surface area contributed by atoms with Crippen molar-refractivity contribution in [3.05, 3.63) is 74.7 Å². The van der Waals surface area contributed by atoms with Gasteiger partial charge in [0.1, 0.15) is 23.7 Å². The van der Waals surface area contributed by atoms with E-state index in [1.807, 2.05) is 6.92 Å². The molecule has 2 aromatic heterocycles. The van der Waals surface area contributed by atoms with E-state index in [0.717, 1.165) is 0 Å². The highest BCUT2D eigenvalue weighted by Gasteiger charge is 2.44. The van der Waals surface area contributed by atoms with Crippen molar-refractivity contribution < 1.29 is 42.2 Å². The minimum Gasteiger partial charge on any atom is -0.480 e. The van der Waals surface area contributed by atoms with Crippen LogP contribution in [0, 0.1) is 0 Å². The van der Waals surface area contributed by atoms with Crippen molar-refractivity contribution in [1.29, 1.82) is 0 Å². The fourth-order valence-electron chi connectivity index (χ4n) is 5.80. The third-order valence-corrected chi connectivity index (χ3v) is 8.97. The SMILES string of the molecule is CC(c1ccc(N(CC(F)(F)F)C(=O)OC(C)(C)C)nc1)N1C[C@@H](C(=O)O)n2nc3c(c2C1=O)CN(C(=O)c1ccc(Cl)c(Cl)c1)[C@H](C)C3. The van der Waals surface area contributed by atoms with E-state index in [0.29, 0.717) is 21.7 Å². The number of nitrogens with zero attached hydrogens (tertiary/aromatic N) is 6. The summed E-state index contributed by atoms with van der Waals surface area (Å²) in [5, 5.41) is 15.2. The van der Waals surface area contributed by atoms with Gasteiger partial charge in [0.15, 0.2) is 6.04 Å². The highest BCUT2D eigenvalue weighted by Crippen LogP contribution is 2.36. The Labute approximate surface area is 289 Å². The number of alkyl halides is 3. The van der Waals surface area contributed by atoms with Crippen LogP contribution in [0.1, 0.15) is 84.4 Å². The summed E-state index contributed by atoms with van der Waals surface area (Å²) < 4.78 is 46.5. The number of aromatic nitrogens is 3. The Kier molecular flexibility index (Phi) is 9.65. The second-order valence-corrected chi connectivity index (χ2v) is 13.8. The highest BCUT2D eigenvalue weighted by atomic mass is 35.5.